The van der Waals surface area contributed by atoms with Crippen LogP contribution in [0.4, 0.5) is 5.00 Å². The Morgan fingerprint density at radius 3 is 2.63 bits per heavy atom. The maximum atomic E-state index is 5.67. The van der Waals surface area contributed by atoms with Crippen molar-refractivity contribution in [2.45, 2.75) is 65.4 Å². The zero-order chi connectivity index (χ0) is 13.8. The molecule has 110 valence electrons. The Balaban J connectivity index is 2.04. The summed E-state index contributed by atoms with van der Waals surface area (Å²) in [5.74, 6) is 0. The van der Waals surface area contributed by atoms with E-state index in [1.54, 1.807) is 0 Å². The molecule has 0 fully saturated rings. The van der Waals surface area contributed by atoms with E-state index in [4.69, 9.17) is 4.74 Å². The van der Waals surface area contributed by atoms with Gasteiger partial charge in [-0.15, -0.1) is 5.10 Å². The van der Waals surface area contributed by atoms with Crippen LogP contribution in [-0.4, -0.2) is 22.7 Å². The van der Waals surface area contributed by atoms with Crippen molar-refractivity contribution in [3.05, 3.63) is 5.69 Å². The Kier molecular flexibility index (Phi) is 9.63. The van der Waals surface area contributed by atoms with Crippen molar-refractivity contribution in [3.63, 3.8) is 0 Å². The average molecular weight is 285 g/mol. The van der Waals surface area contributed by atoms with Crippen molar-refractivity contribution in [1.82, 2.24) is 9.59 Å². The molecule has 0 aromatic carbocycles. The second-order valence-corrected chi connectivity index (χ2v) is 5.55. The fourth-order valence-corrected chi connectivity index (χ4v) is 2.42. The molecule has 1 N–H and O–H groups in total. The van der Waals surface area contributed by atoms with Crippen LogP contribution in [0.2, 0.25) is 0 Å². The van der Waals surface area contributed by atoms with Crippen molar-refractivity contribution >= 4 is 16.5 Å². The first-order chi connectivity index (χ1) is 9.38. The van der Waals surface area contributed by atoms with E-state index in [9.17, 15) is 0 Å². The molecule has 5 heteroatoms. The lowest BCUT2D eigenvalue weighted by Gasteiger charge is -2.05. The van der Waals surface area contributed by atoms with Gasteiger partial charge in [0.1, 0.15) is 10.7 Å². The van der Waals surface area contributed by atoms with Gasteiger partial charge in [0, 0.05) is 24.7 Å². The van der Waals surface area contributed by atoms with Gasteiger partial charge in [-0.3, -0.25) is 0 Å². The van der Waals surface area contributed by atoms with Crippen molar-refractivity contribution in [2.75, 3.05) is 18.5 Å². The molecule has 1 rings (SSSR count). The highest BCUT2D eigenvalue weighted by Gasteiger charge is 2.06. The molecule has 0 atom stereocenters. The van der Waals surface area contributed by atoms with E-state index >= 15 is 0 Å². The van der Waals surface area contributed by atoms with Gasteiger partial charge in [-0.25, -0.2) is 0 Å². The van der Waals surface area contributed by atoms with Gasteiger partial charge in [-0.2, -0.15) is 0 Å². The smallest absolute Gasteiger partial charge is 0.135 e. The van der Waals surface area contributed by atoms with E-state index in [0.717, 1.165) is 36.7 Å². The predicted octanol–water partition coefficient (Wildman–Crippen LogP) is 4.24. The molecule has 1 aromatic rings. The van der Waals surface area contributed by atoms with Gasteiger partial charge >= 0.3 is 0 Å². The zero-order valence-corrected chi connectivity index (χ0v) is 13.1. The molecule has 0 bridgehead atoms. The lowest BCUT2D eigenvalue weighted by Crippen LogP contribution is -2.03. The van der Waals surface area contributed by atoms with Crippen LogP contribution in [0.3, 0.4) is 0 Å². The number of aromatic nitrogens is 2. The number of hydrogen-bond donors (Lipinski definition) is 1. The highest BCUT2D eigenvalue weighted by molar-refractivity contribution is 7.10. The predicted molar refractivity (Wildman–Crippen MR) is 81.7 cm³/mol. The second kappa shape index (κ2) is 11.2. The van der Waals surface area contributed by atoms with E-state index < -0.39 is 0 Å². The fraction of sp³-hybridized carbons (Fsp3) is 0.857. The Labute approximate surface area is 121 Å². The largest absolute Gasteiger partial charge is 0.375 e. The number of rotatable bonds is 12. The van der Waals surface area contributed by atoms with Crippen LogP contribution in [0.5, 0.6) is 0 Å². The summed E-state index contributed by atoms with van der Waals surface area (Å²) in [6, 6.07) is 0. The van der Waals surface area contributed by atoms with E-state index in [1.165, 1.54) is 43.6 Å². The first-order valence-corrected chi connectivity index (χ1v) is 8.28. The molecule has 0 radical (unpaired) electrons. The Morgan fingerprint density at radius 2 is 1.84 bits per heavy atom. The summed E-state index contributed by atoms with van der Waals surface area (Å²) < 4.78 is 9.64. The van der Waals surface area contributed by atoms with Gasteiger partial charge < -0.3 is 10.1 Å². The molecule has 0 saturated carbocycles. The van der Waals surface area contributed by atoms with Gasteiger partial charge in [0.05, 0.1) is 6.61 Å². The topological polar surface area (TPSA) is 47.0 Å². The minimum Gasteiger partial charge on any atom is -0.375 e. The Morgan fingerprint density at radius 1 is 1.05 bits per heavy atom. The van der Waals surface area contributed by atoms with Crippen molar-refractivity contribution < 1.29 is 4.74 Å². The minimum atomic E-state index is 0.581. The third-order valence-electron chi connectivity index (χ3n) is 2.97. The first kappa shape index (κ1) is 16.4. The van der Waals surface area contributed by atoms with Crippen LogP contribution in [0.1, 0.15) is 64.5 Å². The lowest BCUT2D eigenvalue weighted by molar-refractivity contribution is 0.114. The Hall–Kier alpha value is -0.680. The number of nitrogens with one attached hydrogen (secondary N) is 1. The van der Waals surface area contributed by atoms with Crippen molar-refractivity contribution in [1.29, 1.82) is 0 Å². The molecule has 0 aliphatic rings. The number of hydrogen-bond acceptors (Lipinski definition) is 5. The molecule has 0 aliphatic carbocycles. The normalized spacial score (nSPS) is 10.8. The van der Waals surface area contributed by atoms with E-state index in [1.807, 2.05) is 0 Å². The van der Waals surface area contributed by atoms with Crippen LogP contribution < -0.4 is 5.32 Å². The summed E-state index contributed by atoms with van der Waals surface area (Å²) in [6.07, 6.45) is 8.89. The Bertz CT molecular complexity index is 317. The SMILES string of the molecule is CCCCCCCCOCc1nnsc1NCCC. The quantitative estimate of drug-likeness (QED) is 0.584. The van der Waals surface area contributed by atoms with Gasteiger partial charge in [-0.1, -0.05) is 50.4 Å². The van der Waals surface area contributed by atoms with Gasteiger partial charge in [0.2, 0.25) is 0 Å². The summed E-state index contributed by atoms with van der Waals surface area (Å²) in [4.78, 5) is 0. The van der Waals surface area contributed by atoms with Crippen LogP contribution in [0, 0.1) is 0 Å². The second-order valence-electron chi connectivity index (χ2n) is 4.80. The molecule has 0 spiro atoms. The summed E-state index contributed by atoms with van der Waals surface area (Å²) in [7, 11) is 0. The molecule has 0 saturated heterocycles. The average Bonchev–Trinajstić information content (AvgIpc) is 2.87. The van der Waals surface area contributed by atoms with Crippen LogP contribution in [0.15, 0.2) is 0 Å². The third kappa shape index (κ3) is 7.47. The molecular weight excluding hydrogens is 258 g/mol. The molecule has 4 nitrogen and oxygen atoms in total. The fourth-order valence-electron chi connectivity index (χ4n) is 1.83. The van der Waals surface area contributed by atoms with Crippen LogP contribution in [0.25, 0.3) is 0 Å². The molecule has 0 amide bonds. The van der Waals surface area contributed by atoms with Crippen LogP contribution >= 0.6 is 11.5 Å². The lowest BCUT2D eigenvalue weighted by atomic mass is 10.1. The molecule has 19 heavy (non-hydrogen) atoms. The van der Waals surface area contributed by atoms with Crippen LogP contribution in [-0.2, 0) is 11.3 Å². The highest BCUT2D eigenvalue weighted by atomic mass is 32.1. The number of ether oxygens (including phenoxy) is 1. The first-order valence-electron chi connectivity index (χ1n) is 7.51. The van der Waals surface area contributed by atoms with Gasteiger partial charge in [-0.05, 0) is 12.8 Å². The third-order valence-corrected chi connectivity index (χ3v) is 3.70. The van der Waals surface area contributed by atoms with Crippen molar-refractivity contribution in [3.8, 4) is 0 Å². The minimum absolute atomic E-state index is 0.581. The molecule has 0 aliphatic heterocycles. The standard InChI is InChI=1S/C14H27N3OS/c1-3-5-6-7-8-9-11-18-12-13-14(15-10-4-2)19-17-16-13/h15H,3-12H2,1-2H3. The number of nitrogens with zero attached hydrogens (tertiary/aromatic N) is 2. The summed E-state index contributed by atoms with van der Waals surface area (Å²) in [6.45, 7) is 6.77. The summed E-state index contributed by atoms with van der Waals surface area (Å²) in [5.41, 5.74) is 0.949. The molecule has 1 aromatic heterocycles. The highest BCUT2D eigenvalue weighted by Crippen LogP contribution is 2.18. The maximum Gasteiger partial charge on any atom is 0.135 e. The summed E-state index contributed by atoms with van der Waals surface area (Å²) in [5, 5.41) is 8.50. The van der Waals surface area contributed by atoms with E-state index in [-0.39, 0.29) is 0 Å². The zero-order valence-electron chi connectivity index (χ0n) is 12.3. The van der Waals surface area contributed by atoms with E-state index in [0.29, 0.717) is 6.61 Å². The molecule has 1 heterocycles. The summed E-state index contributed by atoms with van der Waals surface area (Å²) >= 11 is 1.41. The number of anilines is 1. The molecular formula is C14H27N3OS. The van der Waals surface area contributed by atoms with Gasteiger partial charge in [0.15, 0.2) is 0 Å². The van der Waals surface area contributed by atoms with Crippen molar-refractivity contribution in [2.24, 2.45) is 0 Å². The molecule has 0 unspecified atom stereocenters. The maximum absolute atomic E-state index is 5.67. The monoisotopic (exact) mass is 285 g/mol. The number of unbranched alkanes of at least 4 members (excludes halogenated alkanes) is 5. The van der Waals surface area contributed by atoms with Gasteiger partial charge in [0.25, 0.3) is 0 Å². The van der Waals surface area contributed by atoms with E-state index in [2.05, 4.69) is 28.8 Å².